The van der Waals surface area contributed by atoms with Gasteiger partial charge in [0.2, 0.25) is 0 Å². The topological polar surface area (TPSA) is 182 Å². The predicted molar refractivity (Wildman–Crippen MR) is 159 cm³/mol. The zero-order valence-electron chi connectivity index (χ0n) is 28.8. The summed E-state index contributed by atoms with van der Waals surface area (Å²) in [4.78, 5) is 71.6. The van der Waals surface area contributed by atoms with Gasteiger partial charge in [0.15, 0.2) is 24.0 Å². The summed E-state index contributed by atoms with van der Waals surface area (Å²) in [7, 11) is 0. The quantitative estimate of drug-likeness (QED) is 0.236. The van der Waals surface area contributed by atoms with E-state index in [2.05, 4.69) is 6.07 Å². The second-order valence-electron chi connectivity index (χ2n) is 15.4. The molecule has 10 unspecified atom stereocenters. The number of carbonyl (C=O) groups is 6. The molecular formula is C34H42F3NO12. The van der Waals surface area contributed by atoms with Crippen molar-refractivity contribution in [1.29, 1.82) is 5.26 Å². The van der Waals surface area contributed by atoms with Crippen molar-refractivity contribution in [2.24, 2.45) is 45.3 Å². The van der Waals surface area contributed by atoms with Crippen molar-refractivity contribution in [3.8, 4) is 6.07 Å². The average molecular weight is 714 g/mol. The van der Waals surface area contributed by atoms with Crippen LogP contribution in [-0.2, 0) is 57.2 Å². The number of fused-ring (bicyclic) bond motifs is 2. The molecule has 13 nitrogen and oxygen atoms in total. The molecule has 0 aromatic carbocycles. The molecule has 6 fully saturated rings. The lowest BCUT2D eigenvalue weighted by atomic mass is 9.73. The number of nitrogens with zero attached hydrogens (tertiary/aromatic N) is 1. The maximum atomic E-state index is 13.4. The molecule has 0 aromatic rings. The number of halogens is 3. The van der Waals surface area contributed by atoms with Gasteiger partial charge in [-0.15, -0.1) is 0 Å². The van der Waals surface area contributed by atoms with Crippen molar-refractivity contribution in [3.63, 3.8) is 0 Å². The first-order chi connectivity index (χ1) is 23.2. The predicted octanol–water partition coefficient (Wildman–Crippen LogP) is 3.74. The van der Waals surface area contributed by atoms with Gasteiger partial charge >= 0.3 is 42.0 Å². The van der Waals surface area contributed by atoms with E-state index in [1.54, 1.807) is 34.6 Å². The van der Waals surface area contributed by atoms with Gasteiger partial charge in [0.1, 0.15) is 24.4 Å². The van der Waals surface area contributed by atoms with Gasteiger partial charge in [-0.3, -0.25) is 19.2 Å². The van der Waals surface area contributed by atoms with Crippen LogP contribution < -0.4 is 0 Å². The van der Waals surface area contributed by atoms with E-state index in [4.69, 9.17) is 28.4 Å². The van der Waals surface area contributed by atoms with Crippen molar-refractivity contribution in [2.75, 3.05) is 13.2 Å². The number of ether oxygens (including phenoxy) is 6. The van der Waals surface area contributed by atoms with Gasteiger partial charge in [0.05, 0.1) is 16.9 Å². The number of alkyl halides is 3. The summed E-state index contributed by atoms with van der Waals surface area (Å²) in [6.07, 6.45) is -5.98. The number of esters is 6. The summed E-state index contributed by atoms with van der Waals surface area (Å²) in [6.45, 7) is 9.42. The summed E-state index contributed by atoms with van der Waals surface area (Å²) < 4.78 is 71.1. The second-order valence-corrected chi connectivity index (χ2v) is 15.4. The van der Waals surface area contributed by atoms with E-state index in [0.29, 0.717) is 25.7 Å². The Morgan fingerprint density at radius 1 is 0.780 bits per heavy atom. The second kappa shape index (κ2) is 12.7. The SMILES string of the molecule is CCC(C)(C)C(=O)OCC(=O)OC1C2CC3C1OC(=O)C3(C#N)C2.CCC(C)(C)C(=O)OCC(=O)OC1C2CC3C1OC(=O)C3(C(F)(F)F)C2. The highest BCUT2D eigenvalue weighted by Gasteiger charge is 2.80. The monoisotopic (exact) mass is 713 g/mol. The third-order valence-corrected chi connectivity index (χ3v) is 11.9. The Morgan fingerprint density at radius 2 is 1.22 bits per heavy atom. The zero-order valence-corrected chi connectivity index (χ0v) is 28.8. The van der Waals surface area contributed by atoms with Gasteiger partial charge in [0.25, 0.3) is 0 Å². The standard InChI is InChI=1S/C17H21F3O6.C17H21NO6/c1-4-15(2,3)13(22)24-7-10(21)25-11-8-5-9-12(11)26-14(23)16(9,6-8)17(18,19)20;1-4-16(2,3)14(20)22-7-11(19)23-12-9-5-10-13(12)24-15(21)17(10,6-9)8-18/h8-9,11-12H,4-7H2,1-3H3;9-10,12-13H,4-7H2,1-3H3. The molecule has 0 aromatic heterocycles. The van der Waals surface area contributed by atoms with Crippen molar-refractivity contribution in [1.82, 2.24) is 0 Å². The van der Waals surface area contributed by atoms with Crippen molar-refractivity contribution in [3.05, 3.63) is 0 Å². The number of hydrogen-bond donors (Lipinski definition) is 0. The number of hydrogen-bond acceptors (Lipinski definition) is 13. The first-order valence-electron chi connectivity index (χ1n) is 16.8. The Morgan fingerprint density at radius 3 is 1.68 bits per heavy atom. The van der Waals surface area contributed by atoms with Crippen LogP contribution >= 0.6 is 0 Å². The smallest absolute Gasteiger partial charge is 0.405 e. The molecule has 0 radical (unpaired) electrons. The van der Waals surface area contributed by atoms with Gasteiger partial charge in [-0.1, -0.05) is 13.8 Å². The van der Waals surface area contributed by atoms with Gasteiger partial charge in [0, 0.05) is 23.7 Å². The molecule has 6 rings (SSSR count). The highest BCUT2D eigenvalue weighted by molar-refractivity contribution is 5.85. The van der Waals surface area contributed by atoms with Crippen LogP contribution in [0.25, 0.3) is 0 Å². The molecule has 2 aliphatic heterocycles. The van der Waals surface area contributed by atoms with Crippen molar-refractivity contribution in [2.45, 2.75) is 111 Å². The maximum absolute atomic E-state index is 13.4. The Bertz CT molecular complexity index is 1500. The van der Waals surface area contributed by atoms with Gasteiger partial charge in [-0.05, 0) is 66.2 Å². The van der Waals surface area contributed by atoms with Crippen LogP contribution in [0.1, 0.15) is 80.1 Å². The number of carbonyl (C=O) groups excluding carboxylic acids is 6. The third-order valence-electron chi connectivity index (χ3n) is 11.9. The van der Waals surface area contributed by atoms with Gasteiger partial charge in [-0.25, -0.2) is 9.59 Å². The molecule has 2 heterocycles. The molecule has 4 aliphatic carbocycles. The molecule has 0 N–H and O–H groups in total. The van der Waals surface area contributed by atoms with Crippen molar-refractivity contribution < 1.29 is 70.4 Å². The molecule has 50 heavy (non-hydrogen) atoms. The van der Waals surface area contributed by atoms with Crippen LogP contribution in [0.15, 0.2) is 0 Å². The Kier molecular flexibility index (Phi) is 9.49. The first kappa shape index (κ1) is 37.4. The van der Waals surface area contributed by atoms with Crippen LogP contribution in [0, 0.1) is 56.7 Å². The largest absolute Gasteiger partial charge is 0.457 e. The molecule has 0 spiro atoms. The number of rotatable bonds is 10. The lowest BCUT2D eigenvalue weighted by Gasteiger charge is -2.33. The fraction of sp³-hybridized carbons (Fsp3) is 0.794. The van der Waals surface area contributed by atoms with Crippen LogP contribution in [0.3, 0.4) is 0 Å². The van der Waals surface area contributed by atoms with E-state index < -0.39 is 120 Å². The minimum atomic E-state index is -4.69. The fourth-order valence-electron chi connectivity index (χ4n) is 8.14. The van der Waals surface area contributed by atoms with E-state index in [1.807, 2.05) is 6.92 Å². The zero-order chi connectivity index (χ0) is 37.2. The van der Waals surface area contributed by atoms with Crippen LogP contribution in [0.4, 0.5) is 13.2 Å². The maximum Gasteiger partial charge on any atom is 0.405 e. The summed E-state index contributed by atoms with van der Waals surface area (Å²) >= 11 is 0. The molecule has 4 saturated carbocycles. The minimum Gasteiger partial charge on any atom is -0.457 e. The molecule has 10 atom stereocenters. The molecule has 0 amide bonds. The number of nitriles is 1. The van der Waals surface area contributed by atoms with E-state index in [9.17, 15) is 47.2 Å². The lowest BCUT2D eigenvalue weighted by Crippen LogP contribution is -2.48. The molecule has 4 bridgehead atoms. The minimum absolute atomic E-state index is 0.0576. The van der Waals surface area contributed by atoms with Crippen LogP contribution in [0.2, 0.25) is 0 Å². The van der Waals surface area contributed by atoms with E-state index >= 15 is 0 Å². The molecule has 2 saturated heterocycles. The average Bonchev–Trinajstić information content (AvgIpc) is 3.86. The molecule has 16 heteroatoms. The Labute approximate surface area is 286 Å². The highest BCUT2D eigenvalue weighted by Crippen LogP contribution is 2.68. The molecular weight excluding hydrogens is 671 g/mol. The summed E-state index contributed by atoms with van der Waals surface area (Å²) in [6, 6.07) is 2.10. The summed E-state index contributed by atoms with van der Waals surface area (Å²) in [5.41, 5.74) is -4.93. The third kappa shape index (κ3) is 5.87. The summed E-state index contributed by atoms with van der Waals surface area (Å²) in [5, 5.41) is 9.33. The Hall–Kier alpha value is -3.90. The van der Waals surface area contributed by atoms with E-state index in [0.717, 1.165) is 0 Å². The van der Waals surface area contributed by atoms with Crippen LogP contribution in [-0.4, -0.2) is 79.6 Å². The van der Waals surface area contributed by atoms with Gasteiger partial charge in [-0.2, -0.15) is 18.4 Å². The fourth-order valence-corrected chi connectivity index (χ4v) is 8.14. The van der Waals surface area contributed by atoms with E-state index in [1.165, 1.54) is 0 Å². The first-order valence-corrected chi connectivity index (χ1v) is 16.8. The van der Waals surface area contributed by atoms with Crippen LogP contribution in [0.5, 0.6) is 0 Å². The highest BCUT2D eigenvalue weighted by atomic mass is 19.4. The normalized spacial score (nSPS) is 35.8. The van der Waals surface area contributed by atoms with Gasteiger partial charge < -0.3 is 28.4 Å². The summed E-state index contributed by atoms with van der Waals surface area (Å²) in [5.74, 6) is -6.20. The molecule has 276 valence electrons. The lowest BCUT2D eigenvalue weighted by molar-refractivity contribution is -0.231. The molecule has 6 aliphatic rings. The van der Waals surface area contributed by atoms with E-state index in [-0.39, 0.29) is 18.3 Å². The van der Waals surface area contributed by atoms with Crippen molar-refractivity contribution >= 4 is 35.8 Å². The Balaban J connectivity index is 0.000000195.